The minimum atomic E-state index is -0.268. The van der Waals surface area contributed by atoms with E-state index in [0.717, 1.165) is 36.1 Å². The van der Waals surface area contributed by atoms with Gasteiger partial charge in [0.15, 0.2) is 5.82 Å². The zero-order chi connectivity index (χ0) is 24.6. The second kappa shape index (κ2) is 11.8. The first-order chi connectivity index (χ1) is 17.1. The lowest BCUT2D eigenvalue weighted by Crippen LogP contribution is -2.36. The van der Waals surface area contributed by atoms with E-state index in [9.17, 15) is 4.39 Å². The van der Waals surface area contributed by atoms with Gasteiger partial charge in [-0.2, -0.15) is 5.10 Å². The number of aromatic amines is 1. The van der Waals surface area contributed by atoms with Crippen molar-refractivity contribution in [2.45, 2.75) is 25.9 Å². The number of nitrogens with one attached hydrogen (secondary N) is 2. The van der Waals surface area contributed by atoms with Crippen molar-refractivity contribution in [3.8, 4) is 0 Å². The number of pyridine rings is 1. The molecule has 4 rings (SSSR count). The maximum Gasteiger partial charge on any atom is 0.150 e. The Morgan fingerprint density at radius 1 is 1.31 bits per heavy atom. The zero-order valence-corrected chi connectivity index (χ0v) is 20.3. The zero-order valence-electron chi connectivity index (χ0n) is 20.3. The highest BCUT2D eigenvalue weighted by Crippen LogP contribution is 2.24. The topological polar surface area (TPSA) is 87.1 Å². The van der Waals surface area contributed by atoms with Crippen molar-refractivity contribution >= 4 is 23.5 Å². The lowest BCUT2D eigenvalue weighted by Gasteiger charge is -2.30. The maximum absolute atomic E-state index is 14.7. The summed E-state index contributed by atoms with van der Waals surface area (Å²) in [6, 6.07) is 4.03. The molecule has 1 fully saturated rings. The van der Waals surface area contributed by atoms with E-state index in [1.807, 2.05) is 43.1 Å². The standard InChI is InChI=1S/C25H33FN8O/c1-4-22-20(18-29-31-22)21(26)7-6-11-32(3)25(24-27-10-12-33(24)5-2)30-19-8-9-23(28-17-19)34-13-15-35-16-14-34/h5,7-10,12,17-18,25,30H,2,4,6,11,13-16H2,1,3H3,(H,29,31)/b21-7+. The van der Waals surface area contributed by atoms with Gasteiger partial charge in [0, 0.05) is 43.9 Å². The summed E-state index contributed by atoms with van der Waals surface area (Å²) in [4.78, 5) is 13.5. The van der Waals surface area contributed by atoms with Crippen LogP contribution >= 0.6 is 0 Å². The normalized spacial score (nSPS) is 15.4. The Balaban J connectivity index is 1.46. The van der Waals surface area contributed by atoms with Crippen LogP contribution in [0.15, 0.2) is 49.6 Å². The van der Waals surface area contributed by atoms with Crippen molar-refractivity contribution in [3.05, 3.63) is 66.7 Å². The lowest BCUT2D eigenvalue weighted by molar-refractivity contribution is 0.122. The molecule has 186 valence electrons. The van der Waals surface area contributed by atoms with Crippen molar-refractivity contribution < 1.29 is 9.13 Å². The minimum Gasteiger partial charge on any atom is -0.378 e. The number of nitrogens with zero attached hydrogens (tertiary/aromatic N) is 6. The summed E-state index contributed by atoms with van der Waals surface area (Å²) in [7, 11) is 1.98. The van der Waals surface area contributed by atoms with Crippen molar-refractivity contribution in [1.29, 1.82) is 0 Å². The number of hydrogen-bond acceptors (Lipinski definition) is 7. The van der Waals surface area contributed by atoms with Gasteiger partial charge in [-0.25, -0.2) is 14.4 Å². The first kappa shape index (κ1) is 24.6. The summed E-state index contributed by atoms with van der Waals surface area (Å²) in [5, 5.41) is 10.3. The third kappa shape index (κ3) is 5.95. The quantitative estimate of drug-likeness (QED) is 0.402. The van der Waals surface area contributed by atoms with E-state index in [1.54, 1.807) is 18.5 Å². The van der Waals surface area contributed by atoms with Crippen LogP contribution in [0.5, 0.6) is 0 Å². The van der Waals surface area contributed by atoms with Crippen LogP contribution in [-0.2, 0) is 11.2 Å². The van der Waals surface area contributed by atoms with Crippen molar-refractivity contribution in [1.82, 2.24) is 29.6 Å². The molecular weight excluding hydrogens is 447 g/mol. The van der Waals surface area contributed by atoms with Crippen LogP contribution in [0.1, 0.15) is 36.6 Å². The molecule has 1 saturated heterocycles. The molecule has 0 aromatic carbocycles. The summed E-state index contributed by atoms with van der Waals surface area (Å²) < 4.78 is 22.0. The van der Waals surface area contributed by atoms with Crippen LogP contribution < -0.4 is 10.2 Å². The van der Waals surface area contributed by atoms with Gasteiger partial charge in [-0.1, -0.05) is 13.5 Å². The van der Waals surface area contributed by atoms with Gasteiger partial charge in [0.2, 0.25) is 0 Å². The van der Waals surface area contributed by atoms with Crippen molar-refractivity contribution in [2.75, 3.05) is 50.1 Å². The molecule has 35 heavy (non-hydrogen) atoms. The highest BCUT2D eigenvalue weighted by Gasteiger charge is 2.22. The van der Waals surface area contributed by atoms with Crippen LogP contribution in [0.3, 0.4) is 0 Å². The molecule has 3 aromatic rings. The fourth-order valence-electron chi connectivity index (χ4n) is 4.09. The van der Waals surface area contributed by atoms with Gasteiger partial charge in [0.05, 0.1) is 36.9 Å². The molecule has 3 aromatic heterocycles. The number of morpholine rings is 1. The Kier molecular flexibility index (Phi) is 8.27. The largest absolute Gasteiger partial charge is 0.378 e. The van der Waals surface area contributed by atoms with E-state index < -0.39 is 0 Å². The van der Waals surface area contributed by atoms with Gasteiger partial charge in [0.1, 0.15) is 17.8 Å². The number of ether oxygens (including phenoxy) is 1. The molecule has 4 heterocycles. The van der Waals surface area contributed by atoms with E-state index in [-0.39, 0.29) is 12.0 Å². The van der Waals surface area contributed by atoms with Gasteiger partial charge < -0.3 is 19.5 Å². The summed E-state index contributed by atoms with van der Waals surface area (Å²) in [6.07, 6.45) is 11.2. The van der Waals surface area contributed by atoms with Crippen molar-refractivity contribution in [2.24, 2.45) is 0 Å². The van der Waals surface area contributed by atoms with Gasteiger partial charge in [-0.3, -0.25) is 10.00 Å². The average Bonchev–Trinajstić information content (AvgIpc) is 3.57. The van der Waals surface area contributed by atoms with Gasteiger partial charge >= 0.3 is 0 Å². The number of imidazole rings is 1. The van der Waals surface area contributed by atoms with Crippen LogP contribution in [0.4, 0.5) is 15.9 Å². The molecule has 0 amide bonds. The summed E-state index contributed by atoms with van der Waals surface area (Å²) >= 11 is 0. The molecule has 2 N–H and O–H groups in total. The van der Waals surface area contributed by atoms with Crippen LogP contribution in [0.2, 0.25) is 0 Å². The van der Waals surface area contributed by atoms with Crippen LogP contribution in [0, 0.1) is 0 Å². The Bertz CT molecular complexity index is 1120. The first-order valence-electron chi connectivity index (χ1n) is 11.9. The molecule has 0 bridgehead atoms. The maximum atomic E-state index is 14.7. The van der Waals surface area contributed by atoms with E-state index in [1.165, 1.54) is 6.20 Å². The second-order valence-electron chi connectivity index (χ2n) is 8.36. The van der Waals surface area contributed by atoms with E-state index in [4.69, 9.17) is 4.74 Å². The Morgan fingerprint density at radius 2 is 2.14 bits per heavy atom. The van der Waals surface area contributed by atoms with Gasteiger partial charge in [-0.15, -0.1) is 0 Å². The lowest BCUT2D eigenvalue weighted by atomic mass is 10.1. The summed E-state index contributed by atoms with van der Waals surface area (Å²) in [6.45, 7) is 9.57. The molecule has 10 heteroatoms. The van der Waals surface area contributed by atoms with E-state index >= 15 is 0 Å². The molecule has 0 spiro atoms. The number of aryl methyl sites for hydroxylation is 1. The number of H-pyrrole nitrogens is 1. The average molecular weight is 481 g/mol. The van der Waals surface area contributed by atoms with Crippen LogP contribution in [0.25, 0.3) is 12.0 Å². The predicted octanol–water partition coefficient (Wildman–Crippen LogP) is 3.94. The molecule has 1 aliphatic heterocycles. The molecule has 0 aliphatic carbocycles. The fourth-order valence-corrected chi connectivity index (χ4v) is 4.09. The second-order valence-corrected chi connectivity index (χ2v) is 8.36. The highest BCUT2D eigenvalue weighted by atomic mass is 19.1. The van der Waals surface area contributed by atoms with E-state index in [0.29, 0.717) is 38.2 Å². The monoisotopic (exact) mass is 480 g/mol. The van der Waals surface area contributed by atoms with Gasteiger partial charge in [-0.05, 0) is 38.1 Å². The Morgan fingerprint density at radius 3 is 2.86 bits per heavy atom. The molecule has 1 atom stereocenters. The van der Waals surface area contributed by atoms with Gasteiger partial charge in [0.25, 0.3) is 0 Å². The van der Waals surface area contributed by atoms with E-state index in [2.05, 4.69) is 41.9 Å². The fraction of sp³-hybridized carbons (Fsp3) is 0.400. The summed E-state index contributed by atoms with van der Waals surface area (Å²) in [5.41, 5.74) is 2.19. The minimum absolute atomic E-state index is 0.260. The number of anilines is 2. The number of rotatable bonds is 11. The number of hydrogen-bond donors (Lipinski definition) is 2. The number of halogens is 1. The number of aromatic nitrogens is 5. The smallest absolute Gasteiger partial charge is 0.150 e. The molecule has 1 unspecified atom stereocenters. The molecule has 0 radical (unpaired) electrons. The highest BCUT2D eigenvalue weighted by molar-refractivity contribution is 5.60. The SMILES string of the molecule is C=Cn1ccnc1C(Nc1ccc(N2CCOCC2)nc1)N(C)CC/C=C(/F)c1cn[nH]c1CC. The summed E-state index contributed by atoms with van der Waals surface area (Å²) in [5.74, 6) is 1.46. The third-order valence-corrected chi connectivity index (χ3v) is 6.10. The first-order valence-corrected chi connectivity index (χ1v) is 11.9. The molecule has 9 nitrogen and oxygen atoms in total. The molecule has 1 aliphatic rings. The Hall–Kier alpha value is -3.50. The molecular formula is C25H33FN8O. The predicted molar refractivity (Wildman–Crippen MR) is 137 cm³/mol. The Labute approximate surface area is 205 Å². The van der Waals surface area contributed by atoms with Crippen LogP contribution in [-0.4, -0.2) is 69.5 Å². The molecule has 0 saturated carbocycles. The van der Waals surface area contributed by atoms with Crippen molar-refractivity contribution in [3.63, 3.8) is 0 Å². The third-order valence-electron chi connectivity index (χ3n) is 6.10.